The quantitative estimate of drug-likeness (QED) is 0.283. The Hall–Kier alpha value is -5.27. The minimum absolute atomic E-state index is 0.0416. The topological polar surface area (TPSA) is 159 Å². The first-order valence-electron chi connectivity index (χ1n) is 18.5. The normalized spacial score (nSPS) is 21.1. The second-order valence-corrected chi connectivity index (χ2v) is 14.0. The number of alkyl carbamates (subject to hydrolysis) is 2. The van der Waals surface area contributed by atoms with Crippen LogP contribution in [-0.2, 0) is 23.8 Å². The summed E-state index contributed by atoms with van der Waals surface area (Å²) in [6.07, 6.45) is 8.89. The number of nitrogens with one attached hydrogen (secondary N) is 2. The molecule has 6 rings (SSSR count). The van der Waals surface area contributed by atoms with Crippen molar-refractivity contribution in [2.24, 2.45) is 4.99 Å². The van der Waals surface area contributed by atoms with Crippen LogP contribution in [0.2, 0.25) is 0 Å². The Morgan fingerprint density at radius 2 is 1.31 bits per heavy atom. The summed E-state index contributed by atoms with van der Waals surface area (Å²) in [5.74, 6) is -0.516. The van der Waals surface area contributed by atoms with Crippen LogP contribution in [0.4, 0.5) is 9.59 Å². The SMILES string of the molecule is COC(=O)N[C@@H](CO)C(=O)N1CCC[C@H]1C1=NC=C(c2ccc(-c3ccc(C4=CC=C([C@@H]5CCCN5C(=O)[C@@H](NC(=O)OC)[C@@H](C)OC)C4)cc3)cc2)C1. The molecule has 5 atom stereocenters. The fourth-order valence-corrected chi connectivity index (χ4v) is 7.81. The molecule has 3 heterocycles. The average Bonchev–Trinajstić information content (AvgIpc) is 4.05. The van der Waals surface area contributed by atoms with Gasteiger partial charge in [0.05, 0.1) is 39.0 Å². The summed E-state index contributed by atoms with van der Waals surface area (Å²) in [5.41, 5.74) is 8.72. The van der Waals surface area contributed by atoms with E-state index < -0.39 is 37.0 Å². The lowest BCUT2D eigenvalue weighted by atomic mass is 9.94. The molecule has 0 spiro atoms. The highest BCUT2D eigenvalue weighted by atomic mass is 16.5. The van der Waals surface area contributed by atoms with Crippen molar-refractivity contribution in [3.05, 3.63) is 83.6 Å². The van der Waals surface area contributed by atoms with Gasteiger partial charge in [-0.05, 0) is 78.0 Å². The molecule has 0 saturated carbocycles. The zero-order valence-electron chi connectivity index (χ0n) is 31.2. The number of hydrogen-bond donors (Lipinski definition) is 3. The van der Waals surface area contributed by atoms with Gasteiger partial charge in [0.2, 0.25) is 11.8 Å². The molecule has 3 aliphatic heterocycles. The maximum atomic E-state index is 13.6. The highest BCUT2D eigenvalue weighted by Crippen LogP contribution is 2.37. The Morgan fingerprint density at radius 1 is 0.759 bits per heavy atom. The van der Waals surface area contributed by atoms with Crippen LogP contribution < -0.4 is 10.6 Å². The van der Waals surface area contributed by atoms with Crippen molar-refractivity contribution in [1.82, 2.24) is 20.4 Å². The minimum atomic E-state index is -1.07. The number of hydrogen-bond acceptors (Lipinski definition) is 9. The van der Waals surface area contributed by atoms with Crippen molar-refractivity contribution in [3.63, 3.8) is 0 Å². The number of benzene rings is 2. The fraction of sp³-hybridized carbons (Fsp3) is 0.439. The summed E-state index contributed by atoms with van der Waals surface area (Å²) < 4.78 is 14.8. The Morgan fingerprint density at radius 3 is 1.91 bits per heavy atom. The van der Waals surface area contributed by atoms with Crippen LogP contribution in [0, 0.1) is 0 Å². The molecule has 2 aromatic rings. The van der Waals surface area contributed by atoms with Crippen molar-refractivity contribution >= 4 is 40.9 Å². The van der Waals surface area contributed by atoms with Crippen LogP contribution in [0.25, 0.3) is 22.3 Å². The number of allylic oxidation sites excluding steroid dienone is 4. The largest absolute Gasteiger partial charge is 0.453 e. The molecular weight excluding hydrogens is 690 g/mol. The molecule has 3 N–H and O–H groups in total. The molecular formula is C41H49N5O8. The molecule has 4 amide bonds. The van der Waals surface area contributed by atoms with Gasteiger partial charge >= 0.3 is 12.2 Å². The number of carbonyl (C=O) groups is 4. The lowest BCUT2D eigenvalue weighted by Gasteiger charge is -2.32. The Bertz CT molecular complexity index is 1850. The predicted molar refractivity (Wildman–Crippen MR) is 204 cm³/mol. The van der Waals surface area contributed by atoms with Crippen molar-refractivity contribution in [2.75, 3.05) is 41.0 Å². The lowest BCUT2D eigenvalue weighted by molar-refractivity contribution is -0.137. The highest BCUT2D eigenvalue weighted by Gasteiger charge is 2.39. The summed E-state index contributed by atoms with van der Waals surface area (Å²) in [5, 5.41) is 14.8. The van der Waals surface area contributed by atoms with E-state index in [2.05, 4.69) is 76.1 Å². The van der Waals surface area contributed by atoms with E-state index in [4.69, 9.17) is 14.5 Å². The van der Waals surface area contributed by atoms with Crippen molar-refractivity contribution in [2.45, 2.75) is 75.7 Å². The Balaban J connectivity index is 1.04. The van der Waals surface area contributed by atoms with E-state index >= 15 is 0 Å². The van der Waals surface area contributed by atoms with Gasteiger partial charge in [-0.2, -0.15) is 0 Å². The first-order valence-corrected chi connectivity index (χ1v) is 18.5. The summed E-state index contributed by atoms with van der Waals surface area (Å²) in [7, 11) is 4.01. The standard InChI is InChI=1S/C41H49N5O8/c1-25(52-2)37(44-41(51)54-4)39(49)45-19-5-7-35(45)31-18-17-30(21-31)28-13-9-26(10-14-28)27-11-15-29(16-12-27)32-22-33(42-23-32)36-8-6-20-46(36)38(48)34(24-47)43-40(50)53-3/h9-18,23,25,34-37,47H,5-8,19-22,24H2,1-4H3,(H,43,50)(H,44,51)/t25-,34+,35+,36+,37+/m1/s1. The van der Waals surface area contributed by atoms with Crippen LogP contribution in [-0.4, -0.2) is 116 Å². The maximum absolute atomic E-state index is 13.6. The monoisotopic (exact) mass is 739 g/mol. The Labute approximate surface area is 315 Å². The van der Waals surface area contributed by atoms with Crippen LogP contribution >= 0.6 is 0 Å². The fourth-order valence-electron chi connectivity index (χ4n) is 7.81. The first-order chi connectivity index (χ1) is 26.1. The number of rotatable bonds is 12. The summed E-state index contributed by atoms with van der Waals surface area (Å²) in [6.45, 7) is 2.40. The number of nitrogens with zero attached hydrogens (tertiary/aromatic N) is 3. The van der Waals surface area contributed by atoms with Gasteiger partial charge in [-0.25, -0.2) is 9.59 Å². The van der Waals surface area contributed by atoms with Gasteiger partial charge in [-0.3, -0.25) is 14.6 Å². The van der Waals surface area contributed by atoms with E-state index in [1.54, 1.807) is 11.8 Å². The van der Waals surface area contributed by atoms with Gasteiger partial charge < -0.3 is 39.8 Å². The zero-order valence-corrected chi connectivity index (χ0v) is 31.2. The van der Waals surface area contributed by atoms with Gasteiger partial charge in [0.15, 0.2) is 0 Å². The predicted octanol–water partition coefficient (Wildman–Crippen LogP) is 4.71. The molecule has 2 fully saturated rings. The number of aliphatic hydroxyl groups is 1. The van der Waals surface area contributed by atoms with Gasteiger partial charge in [0, 0.05) is 38.5 Å². The molecule has 0 radical (unpaired) electrons. The zero-order chi connectivity index (χ0) is 38.4. The molecule has 4 aliphatic rings. The first kappa shape index (κ1) is 38.5. The summed E-state index contributed by atoms with van der Waals surface area (Å²) in [4.78, 5) is 58.8. The molecule has 13 nitrogen and oxygen atoms in total. The third-order valence-corrected chi connectivity index (χ3v) is 10.9. The molecule has 54 heavy (non-hydrogen) atoms. The second-order valence-electron chi connectivity index (χ2n) is 14.0. The third kappa shape index (κ3) is 8.27. The van der Waals surface area contributed by atoms with Gasteiger partial charge in [-0.1, -0.05) is 60.7 Å². The number of aliphatic imine (C=N–C) groups is 1. The van der Waals surface area contributed by atoms with E-state index in [-0.39, 0.29) is 23.9 Å². The molecule has 2 aromatic carbocycles. The van der Waals surface area contributed by atoms with Gasteiger partial charge in [-0.15, -0.1) is 0 Å². The van der Waals surface area contributed by atoms with Crippen LogP contribution in [0.5, 0.6) is 0 Å². The number of methoxy groups -OCH3 is 3. The van der Waals surface area contributed by atoms with Gasteiger partial charge in [0.1, 0.15) is 12.1 Å². The molecule has 2 saturated heterocycles. The molecule has 286 valence electrons. The summed E-state index contributed by atoms with van der Waals surface area (Å²) >= 11 is 0. The van der Waals surface area contributed by atoms with E-state index in [0.717, 1.165) is 65.6 Å². The molecule has 13 heteroatoms. The van der Waals surface area contributed by atoms with E-state index in [1.807, 2.05) is 11.1 Å². The number of likely N-dealkylation sites (tertiary alicyclic amines) is 2. The highest BCUT2D eigenvalue weighted by molar-refractivity contribution is 6.04. The third-order valence-electron chi connectivity index (χ3n) is 10.9. The number of ether oxygens (including phenoxy) is 3. The van der Waals surface area contributed by atoms with Crippen LogP contribution in [0.1, 0.15) is 56.6 Å². The smallest absolute Gasteiger partial charge is 0.407 e. The minimum Gasteiger partial charge on any atom is -0.453 e. The Kier molecular flexibility index (Phi) is 12.3. The molecule has 1 aliphatic carbocycles. The number of carbonyl (C=O) groups excluding carboxylic acids is 4. The average molecular weight is 740 g/mol. The van der Waals surface area contributed by atoms with Gasteiger partial charge in [0.25, 0.3) is 0 Å². The van der Waals surface area contributed by atoms with Crippen molar-refractivity contribution in [1.29, 1.82) is 0 Å². The van der Waals surface area contributed by atoms with Crippen molar-refractivity contribution < 1.29 is 38.5 Å². The van der Waals surface area contributed by atoms with E-state index in [9.17, 15) is 24.3 Å². The molecule has 0 bridgehead atoms. The van der Waals surface area contributed by atoms with Crippen LogP contribution in [0.15, 0.2) is 77.4 Å². The number of amides is 4. The van der Waals surface area contributed by atoms with E-state index in [0.29, 0.717) is 19.5 Å². The molecule has 0 aromatic heterocycles. The molecule has 0 unspecified atom stereocenters. The number of aliphatic hydroxyl groups excluding tert-OH is 1. The maximum Gasteiger partial charge on any atom is 0.407 e. The summed E-state index contributed by atoms with van der Waals surface area (Å²) in [6, 6.07) is 14.8. The van der Waals surface area contributed by atoms with E-state index in [1.165, 1.54) is 32.5 Å². The second kappa shape index (κ2) is 17.3. The lowest BCUT2D eigenvalue weighted by Crippen LogP contribution is -2.55. The van der Waals surface area contributed by atoms with Crippen LogP contribution in [0.3, 0.4) is 0 Å². The van der Waals surface area contributed by atoms with Crippen molar-refractivity contribution in [3.8, 4) is 11.1 Å².